The Labute approximate surface area is 241 Å². The van der Waals surface area contributed by atoms with Crippen molar-refractivity contribution in [3.63, 3.8) is 0 Å². The lowest BCUT2D eigenvalue weighted by Crippen LogP contribution is -2.47. The average Bonchev–Trinajstić information content (AvgIpc) is 3.01. The third-order valence-corrected chi connectivity index (χ3v) is 7.93. The van der Waals surface area contributed by atoms with Crippen LogP contribution in [0, 0.1) is 6.92 Å². The van der Waals surface area contributed by atoms with Crippen molar-refractivity contribution in [3.05, 3.63) is 102 Å². The van der Waals surface area contributed by atoms with E-state index >= 15 is 0 Å². The Kier molecular flexibility index (Phi) is 9.15. The van der Waals surface area contributed by atoms with Gasteiger partial charge in [0, 0.05) is 68.4 Å². The molecule has 1 fully saturated rings. The van der Waals surface area contributed by atoms with Gasteiger partial charge in [-0.2, -0.15) is 0 Å². The number of pyridine rings is 2. The van der Waals surface area contributed by atoms with Crippen LogP contribution >= 0.6 is 0 Å². The molecule has 41 heavy (non-hydrogen) atoms. The van der Waals surface area contributed by atoms with Crippen molar-refractivity contribution < 1.29 is 9.53 Å². The summed E-state index contributed by atoms with van der Waals surface area (Å²) < 4.78 is 5.82. The Morgan fingerprint density at radius 3 is 2.46 bits per heavy atom. The molecule has 0 spiro atoms. The molecule has 0 bridgehead atoms. The number of rotatable bonds is 11. The molecular formula is C32H37N7O2. The van der Waals surface area contributed by atoms with E-state index in [-0.39, 0.29) is 0 Å². The summed E-state index contributed by atoms with van der Waals surface area (Å²) >= 11 is 0. The van der Waals surface area contributed by atoms with Crippen molar-refractivity contribution in [1.82, 2.24) is 24.8 Å². The number of anilines is 1. The molecule has 1 saturated heterocycles. The lowest BCUT2D eigenvalue weighted by Gasteiger charge is -2.42. The number of likely N-dealkylation sites (tertiary alicyclic amines) is 1. The number of piperidine rings is 1. The standard InChI is InChI=1S/C32H37N7O2/c1-23-12-18-34-21-25(23)22-39(26-7-9-28(10-8-26)41-32-36-16-4-17-37-32)27-13-19-38(20-14-27)24(2)6-11-30-29(31(33)40)5-3-15-35-30/h3-5,7-10,12,15-18,21,24,27H,6,11,13-14,19-20,22H2,1-2H3,(H2,33,40)/t24-/m1/s1. The van der Waals surface area contributed by atoms with Gasteiger partial charge in [-0.05, 0) is 99.2 Å². The van der Waals surface area contributed by atoms with Gasteiger partial charge in [0.25, 0.3) is 5.91 Å². The quantitative estimate of drug-likeness (QED) is 0.279. The number of nitrogens with two attached hydrogens (primary N) is 1. The molecule has 9 heteroatoms. The van der Waals surface area contributed by atoms with Crippen LogP contribution in [0.1, 0.15) is 53.4 Å². The van der Waals surface area contributed by atoms with E-state index in [0.29, 0.717) is 29.4 Å². The van der Waals surface area contributed by atoms with E-state index in [4.69, 9.17) is 10.5 Å². The minimum atomic E-state index is -0.418. The Hall–Kier alpha value is -4.37. The molecular weight excluding hydrogens is 514 g/mol. The molecule has 212 valence electrons. The number of carbonyl (C=O) groups excluding carboxylic acids is 1. The normalized spacial score (nSPS) is 14.9. The van der Waals surface area contributed by atoms with Crippen LogP contribution < -0.4 is 15.4 Å². The van der Waals surface area contributed by atoms with Crippen molar-refractivity contribution in [1.29, 1.82) is 0 Å². The van der Waals surface area contributed by atoms with Gasteiger partial charge < -0.3 is 20.3 Å². The first-order valence-electron chi connectivity index (χ1n) is 14.2. The summed E-state index contributed by atoms with van der Waals surface area (Å²) in [6.45, 7) is 7.20. The molecule has 3 aromatic heterocycles. The van der Waals surface area contributed by atoms with Gasteiger partial charge in [-0.1, -0.05) is 0 Å². The van der Waals surface area contributed by atoms with Crippen LogP contribution in [0.4, 0.5) is 5.69 Å². The Bertz CT molecular complexity index is 1420. The molecule has 1 atom stereocenters. The van der Waals surface area contributed by atoms with Crippen LogP contribution in [-0.4, -0.2) is 55.9 Å². The largest absolute Gasteiger partial charge is 0.424 e. The summed E-state index contributed by atoms with van der Waals surface area (Å²) in [6, 6.07) is 16.6. The molecule has 1 aliphatic heterocycles. The topological polar surface area (TPSA) is 110 Å². The van der Waals surface area contributed by atoms with Crippen LogP contribution in [-0.2, 0) is 13.0 Å². The number of hydrogen-bond donors (Lipinski definition) is 1. The number of benzene rings is 1. The molecule has 0 aliphatic carbocycles. The van der Waals surface area contributed by atoms with Crippen molar-refractivity contribution in [2.75, 3.05) is 18.0 Å². The first-order valence-corrected chi connectivity index (χ1v) is 14.2. The van der Waals surface area contributed by atoms with Crippen LogP contribution in [0.5, 0.6) is 11.8 Å². The molecule has 0 radical (unpaired) electrons. The Balaban J connectivity index is 1.25. The molecule has 4 aromatic rings. The maximum absolute atomic E-state index is 11.8. The second-order valence-electron chi connectivity index (χ2n) is 10.6. The SMILES string of the molecule is Cc1ccncc1CN(c1ccc(Oc2ncccn2)cc1)C1CCN([C@H](C)CCc2ncccc2C(N)=O)CC1. The molecule has 5 rings (SSSR count). The maximum atomic E-state index is 11.8. The zero-order valence-electron chi connectivity index (χ0n) is 23.7. The van der Waals surface area contributed by atoms with E-state index in [1.165, 1.54) is 11.1 Å². The molecule has 1 aliphatic rings. The van der Waals surface area contributed by atoms with Gasteiger partial charge in [0.05, 0.1) is 11.3 Å². The summed E-state index contributed by atoms with van der Waals surface area (Å²) in [5.41, 5.74) is 10.5. The zero-order valence-corrected chi connectivity index (χ0v) is 23.7. The van der Waals surface area contributed by atoms with Crippen molar-refractivity contribution >= 4 is 11.6 Å². The van der Waals surface area contributed by atoms with Crippen molar-refractivity contribution in [2.45, 2.75) is 58.2 Å². The van der Waals surface area contributed by atoms with Gasteiger partial charge in [-0.25, -0.2) is 9.97 Å². The fourth-order valence-electron chi connectivity index (χ4n) is 5.45. The molecule has 0 unspecified atom stereocenters. The predicted octanol–water partition coefficient (Wildman–Crippen LogP) is 4.96. The van der Waals surface area contributed by atoms with Crippen molar-refractivity contribution in [3.8, 4) is 11.8 Å². The summed E-state index contributed by atoms with van der Waals surface area (Å²) in [5, 5.41) is 0. The van der Waals surface area contributed by atoms with E-state index in [1.807, 2.05) is 24.5 Å². The predicted molar refractivity (Wildman–Crippen MR) is 159 cm³/mol. The molecule has 4 heterocycles. The van der Waals surface area contributed by atoms with Crippen LogP contribution in [0.3, 0.4) is 0 Å². The van der Waals surface area contributed by atoms with E-state index in [2.05, 4.69) is 61.8 Å². The highest BCUT2D eigenvalue weighted by molar-refractivity contribution is 5.93. The summed E-state index contributed by atoms with van der Waals surface area (Å²) in [6.07, 6.45) is 12.6. The van der Waals surface area contributed by atoms with E-state index < -0.39 is 5.91 Å². The number of aryl methyl sites for hydroxylation is 2. The summed E-state index contributed by atoms with van der Waals surface area (Å²) in [7, 11) is 0. The minimum Gasteiger partial charge on any atom is -0.424 e. The Morgan fingerprint density at radius 2 is 1.76 bits per heavy atom. The van der Waals surface area contributed by atoms with Crippen LogP contribution in [0.2, 0.25) is 0 Å². The highest BCUT2D eigenvalue weighted by atomic mass is 16.5. The minimum absolute atomic E-state index is 0.332. The third-order valence-electron chi connectivity index (χ3n) is 7.93. The first kappa shape index (κ1) is 28.2. The van der Waals surface area contributed by atoms with Gasteiger partial charge in [0.1, 0.15) is 5.75 Å². The van der Waals surface area contributed by atoms with E-state index in [1.54, 1.807) is 36.8 Å². The van der Waals surface area contributed by atoms with Crippen LogP contribution in [0.15, 0.2) is 79.5 Å². The fourth-order valence-corrected chi connectivity index (χ4v) is 5.45. The average molecular weight is 552 g/mol. The maximum Gasteiger partial charge on any atom is 0.321 e. The molecule has 1 aromatic carbocycles. The van der Waals surface area contributed by atoms with Gasteiger partial charge in [-0.15, -0.1) is 0 Å². The highest BCUT2D eigenvalue weighted by Crippen LogP contribution is 2.30. The summed E-state index contributed by atoms with van der Waals surface area (Å²) in [5.74, 6) is 0.284. The lowest BCUT2D eigenvalue weighted by atomic mass is 9.98. The Morgan fingerprint density at radius 1 is 1.02 bits per heavy atom. The lowest BCUT2D eigenvalue weighted by molar-refractivity contribution is 0.0998. The summed E-state index contributed by atoms with van der Waals surface area (Å²) in [4.78, 5) is 34.0. The first-order chi connectivity index (χ1) is 20.0. The number of carbonyl (C=O) groups is 1. The highest BCUT2D eigenvalue weighted by Gasteiger charge is 2.28. The smallest absolute Gasteiger partial charge is 0.321 e. The fraction of sp³-hybridized carbons (Fsp3) is 0.344. The van der Waals surface area contributed by atoms with Crippen LogP contribution in [0.25, 0.3) is 0 Å². The molecule has 9 nitrogen and oxygen atoms in total. The second kappa shape index (κ2) is 13.3. The van der Waals surface area contributed by atoms with E-state index in [9.17, 15) is 4.79 Å². The van der Waals surface area contributed by atoms with Gasteiger partial charge in [-0.3, -0.25) is 14.8 Å². The second-order valence-corrected chi connectivity index (χ2v) is 10.6. The zero-order chi connectivity index (χ0) is 28.6. The number of hydrogen-bond acceptors (Lipinski definition) is 8. The number of nitrogens with zero attached hydrogens (tertiary/aromatic N) is 6. The number of aromatic nitrogens is 4. The number of ether oxygens (including phenoxy) is 1. The monoisotopic (exact) mass is 551 g/mol. The van der Waals surface area contributed by atoms with Gasteiger partial charge in [0.15, 0.2) is 0 Å². The van der Waals surface area contributed by atoms with E-state index in [0.717, 1.165) is 56.7 Å². The number of amides is 1. The molecule has 1 amide bonds. The molecule has 0 saturated carbocycles. The number of primary amides is 1. The van der Waals surface area contributed by atoms with Gasteiger partial charge >= 0.3 is 6.01 Å². The third kappa shape index (κ3) is 7.24. The molecule has 2 N–H and O–H groups in total. The van der Waals surface area contributed by atoms with Crippen molar-refractivity contribution in [2.24, 2.45) is 5.73 Å². The van der Waals surface area contributed by atoms with Gasteiger partial charge in [0.2, 0.25) is 0 Å².